The maximum absolute atomic E-state index is 14.0. The van der Waals surface area contributed by atoms with Crippen LogP contribution in [0.3, 0.4) is 0 Å². The Hall–Kier alpha value is -3.35. The first-order valence-corrected chi connectivity index (χ1v) is 13.9. The molecule has 0 bridgehead atoms. The van der Waals surface area contributed by atoms with Gasteiger partial charge in [0.05, 0.1) is 38.4 Å². The summed E-state index contributed by atoms with van der Waals surface area (Å²) in [5.41, 5.74) is -0.341. The predicted octanol–water partition coefficient (Wildman–Crippen LogP) is 3.23. The minimum atomic E-state index is -1.68. The van der Waals surface area contributed by atoms with Crippen molar-refractivity contribution >= 4 is 17.8 Å². The van der Waals surface area contributed by atoms with Crippen molar-refractivity contribution in [1.29, 1.82) is 0 Å². The lowest BCUT2D eigenvalue weighted by molar-refractivity contribution is -0.190. The van der Waals surface area contributed by atoms with Gasteiger partial charge in [0.25, 0.3) is 11.8 Å². The van der Waals surface area contributed by atoms with Crippen LogP contribution >= 0.6 is 0 Å². The minimum Gasteiger partial charge on any atom is -0.497 e. The van der Waals surface area contributed by atoms with Gasteiger partial charge in [-0.3, -0.25) is 19.3 Å². The molecule has 11 heteroatoms. The fourth-order valence-electron chi connectivity index (χ4n) is 6.69. The van der Waals surface area contributed by atoms with Gasteiger partial charge in [0, 0.05) is 0 Å². The molecule has 3 aliphatic heterocycles. The first-order valence-electron chi connectivity index (χ1n) is 13.9. The summed E-state index contributed by atoms with van der Waals surface area (Å²) >= 11 is 0. The summed E-state index contributed by atoms with van der Waals surface area (Å²) < 4.78 is 42.8. The van der Waals surface area contributed by atoms with Crippen LogP contribution in [0.5, 0.6) is 5.75 Å². The molecule has 1 aliphatic carbocycles. The fourth-order valence-corrected chi connectivity index (χ4v) is 6.69. The summed E-state index contributed by atoms with van der Waals surface area (Å²) in [6, 6.07) is 14.0. The molecule has 11 nitrogen and oxygen atoms in total. The third-order valence-electron chi connectivity index (χ3n) is 8.36. The Bertz CT molecular complexity index is 1340. The van der Waals surface area contributed by atoms with Crippen LogP contribution in [-0.4, -0.2) is 84.5 Å². The number of ether oxygens (including phenoxy) is 7. The van der Waals surface area contributed by atoms with Crippen molar-refractivity contribution in [2.45, 2.75) is 88.4 Å². The molecule has 2 aromatic carbocycles. The predicted molar refractivity (Wildman–Crippen MR) is 146 cm³/mol. The number of methoxy groups -OCH3 is 2. The van der Waals surface area contributed by atoms with Crippen molar-refractivity contribution in [3.63, 3.8) is 0 Å². The molecule has 3 heterocycles. The van der Waals surface area contributed by atoms with Gasteiger partial charge in [-0.25, -0.2) is 0 Å². The number of rotatable bonds is 7. The van der Waals surface area contributed by atoms with Gasteiger partial charge < -0.3 is 33.2 Å². The zero-order valence-electron chi connectivity index (χ0n) is 24.4. The average Bonchev–Trinajstić information content (AvgIpc) is 3.56. The summed E-state index contributed by atoms with van der Waals surface area (Å²) in [5.74, 6) is -3.35. The van der Waals surface area contributed by atoms with Gasteiger partial charge in [-0.05, 0) is 57.5 Å². The van der Waals surface area contributed by atoms with Crippen molar-refractivity contribution in [2.24, 2.45) is 0 Å². The minimum absolute atomic E-state index is 0.200. The average molecular weight is 582 g/mol. The van der Waals surface area contributed by atoms with Crippen LogP contribution in [-0.2, 0) is 39.8 Å². The lowest BCUT2D eigenvalue weighted by atomic mass is 9.69. The van der Waals surface area contributed by atoms with Gasteiger partial charge >= 0.3 is 5.97 Å². The van der Waals surface area contributed by atoms with E-state index < -0.39 is 71.8 Å². The summed E-state index contributed by atoms with van der Waals surface area (Å²) in [6.07, 6.45) is -4.87. The quantitative estimate of drug-likeness (QED) is 0.356. The Morgan fingerprint density at radius 1 is 0.810 bits per heavy atom. The second-order valence-electron chi connectivity index (χ2n) is 11.9. The first kappa shape index (κ1) is 28.8. The van der Waals surface area contributed by atoms with Crippen LogP contribution in [0.4, 0.5) is 0 Å². The van der Waals surface area contributed by atoms with Crippen molar-refractivity contribution in [2.75, 3.05) is 14.2 Å². The Kier molecular flexibility index (Phi) is 6.94. The standard InChI is InChI=1S/C31H35NO10/c1-29(2)39-23-22(38-16-17-11-13-18(36-5)14-12-17)24-26(42-30(3,4)40-24)31(25(23)41-29,15-21(33)37-6)32-27(34)19-9-7-8-10-20(19)28(32)35/h7-14,22-26H,15-16H2,1-6H3/t22?,23-,24+,25?,26?,31?. The molecule has 42 heavy (non-hydrogen) atoms. The van der Waals surface area contributed by atoms with E-state index in [9.17, 15) is 14.4 Å². The molecule has 1 saturated carbocycles. The molecule has 4 unspecified atom stereocenters. The van der Waals surface area contributed by atoms with Crippen molar-refractivity contribution in [3.8, 4) is 5.75 Å². The molecule has 0 spiro atoms. The van der Waals surface area contributed by atoms with E-state index in [-0.39, 0.29) is 17.7 Å². The second kappa shape index (κ2) is 10.1. The number of amides is 2. The molecule has 2 aromatic rings. The summed E-state index contributed by atoms with van der Waals surface area (Å²) in [7, 11) is 2.85. The maximum atomic E-state index is 14.0. The second-order valence-corrected chi connectivity index (χ2v) is 11.9. The van der Waals surface area contributed by atoms with E-state index >= 15 is 0 Å². The van der Waals surface area contributed by atoms with Gasteiger partial charge in [0.1, 0.15) is 41.8 Å². The molecule has 0 aromatic heterocycles. The molecule has 0 radical (unpaired) electrons. The van der Waals surface area contributed by atoms with Crippen molar-refractivity contribution < 1.29 is 47.5 Å². The zero-order chi connectivity index (χ0) is 30.0. The number of fused-ring (bicyclic) bond motifs is 3. The van der Waals surface area contributed by atoms with E-state index in [1.54, 1.807) is 59.1 Å². The topological polar surface area (TPSA) is 119 Å². The smallest absolute Gasteiger partial charge is 0.308 e. The Morgan fingerprint density at radius 3 is 1.81 bits per heavy atom. The van der Waals surface area contributed by atoms with E-state index in [1.807, 2.05) is 24.3 Å². The number of benzene rings is 2. The highest BCUT2D eigenvalue weighted by Gasteiger charge is 2.74. The highest BCUT2D eigenvalue weighted by atomic mass is 16.8. The number of carbonyl (C=O) groups excluding carboxylic acids is 3. The van der Waals surface area contributed by atoms with E-state index in [1.165, 1.54) is 7.11 Å². The molecule has 4 aliphatic rings. The molecule has 6 atom stereocenters. The van der Waals surface area contributed by atoms with Crippen LogP contribution < -0.4 is 4.74 Å². The van der Waals surface area contributed by atoms with Crippen LogP contribution in [0.15, 0.2) is 48.5 Å². The lowest BCUT2D eigenvalue weighted by Crippen LogP contribution is -2.76. The largest absolute Gasteiger partial charge is 0.497 e. The van der Waals surface area contributed by atoms with Crippen molar-refractivity contribution in [1.82, 2.24) is 4.90 Å². The molecule has 6 rings (SSSR count). The van der Waals surface area contributed by atoms with Crippen molar-refractivity contribution in [3.05, 3.63) is 65.2 Å². The van der Waals surface area contributed by atoms with E-state index in [4.69, 9.17) is 33.2 Å². The zero-order valence-corrected chi connectivity index (χ0v) is 24.4. The Morgan fingerprint density at radius 2 is 1.33 bits per heavy atom. The van der Waals surface area contributed by atoms with Crippen LogP contribution in [0.1, 0.15) is 60.4 Å². The molecular formula is C31H35NO10. The monoisotopic (exact) mass is 581 g/mol. The van der Waals surface area contributed by atoms with E-state index in [0.717, 1.165) is 10.5 Å². The molecule has 2 saturated heterocycles. The van der Waals surface area contributed by atoms with Gasteiger partial charge in [0.2, 0.25) is 0 Å². The highest BCUT2D eigenvalue weighted by molar-refractivity contribution is 6.22. The van der Waals surface area contributed by atoms with E-state index in [2.05, 4.69) is 0 Å². The van der Waals surface area contributed by atoms with Crippen LogP contribution in [0.25, 0.3) is 0 Å². The fraction of sp³-hybridized carbons (Fsp3) is 0.516. The number of nitrogens with zero attached hydrogens (tertiary/aromatic N) is 1. The third-order valence-corrected chi connectivity index (χ3v) is 8.36. The Balaban J connectivity index is 1.47. The van der Waals surface area contributed by atoms with E-state index in [0.29, 0.717) is 5.75 Å². The Labute approximate surface area is 243 Å². The van der Waals surface area contributed by atoms with Gasteiger partial charge in [-0.1, -0.05) is 24.3 Å². The number of hydrogen-bond donors (Lipinski definition) is 0. The number of esters is 1. The summed E-state index contributed by atoms with van der Waals surface area (Å²) in [5, 5.41) is 0. The molecular weight excluding hydrogens is 546 g/mol. The molecule has 0 N–H and O–H groups in total. The third kappa shape index (κ3) is 4.51. The van der Waals surface area contributed by atoms with Crippen LogP contribution in [0, 0.1) is 0 Å². The SMILES string of the molecule is COC(=O)CC1(N2C(=O)c3ccccc3C2=O)C2OC(C)(C)O[C@@H]2C(OCc2ccc(OC)cc2)[C@@H]2OC(C)(C)OC21. The summed E-state index contributed by atoms with van der Waals surface area (Å²) in [6.45, 7) is 7.14. The van der Waals surface area contributed by atoms with Gasteiger partial charge in [-0.2, -0.15) is 0 Å². The number of hydrogen-bond acceptors (Lipinski definition) is 10. The molecule has 224 valence electrons. The van der Waals surface area contributed by atoms with Gasteiger partial charge in [0.15, 0.2) is 11.6 Å². The normalized spacial score (nSPS) is 32.3. The summed E-state index contributed by atoms with van der Waals surface area (Å²) in [4.78, 5) is 42.4. The van der Waals surface area contributed by atoms with Gasteiger partial charge in [-0.15, -0.1) is 0 Å². The lowest BCUT2D eigenvalue weighted by Gasteiger charge is -2.53. The maximum Gasteiger partial charge on any atom is 0.308 e. The molecule has 3 fully saturated rings. The number of imide groups is 1. The van der Waals surface area contributed by atoms with Crippen LogP contribution in [0.2, 0.25) is 0 Å². The highest BCUT2D eigenvalue weighted by Crippen LogP contribution is 2.54. The molecule has 2 amide bonds. The first-order chi connectivity index (χ1) is 19.9. The number of carbonyl (C=O) groups is 3.